The van der Waals surface area contributed by atoms with Gasteiger partial charge in [-0.2, -0.15) is 0 Å². The maximum absolute atomic E-state index is 11.4. The molecule has 3 rings (SSSR count). The molecule has 3 aromatic rings. The third-order valence-corrected chi connectivity index (χ3v) is 4.33. The predicted molar refractivity (Wildman–Crippen MR) is 96.6 cm³/mol. The Labute approximate surface area is 143 Å². The number of aliphatic hydroxyl groups is 2. The van der Waals surface area contributed by atoms with E-state index in [2.05, 4.69) is 0 Å². The monoisotopic (exact) mass is 318 g/mol. The number of benzene rings is 3. The Balaban J connectivity index is 1.93. The molecule has 0 fully saturated rings. The van der Waals surface area contributed by atoms with Gasteiger partial charge in [0.05, 0.1) is 0 Å². The molecule has 0 saturated heterocycles. The third-order valence-electron chi connectivity index (χ3n) is 4.33. The Hall–Kier alpha value is -2.42. The van der Waals surface area contributed by atoms with E-state index in [1.54, 1.807) is 0 Å². The molecule has 0 heterocycles. The molecule has 2 heteroatoms. The molecule has 0 saturated carbocycles. The second-order valence-electron chi connectivity index (χ2n) is 6.24. The van der Waals surface area contributed by atoms with Crippen molar-refractivity contribution in [1.29, 1.82) is 0 Å². The van der Waals surface area contributed by atoms with E-state index in [-0.39, 0.29) is 0 Å². The van der Waals surface area contributed by atoms with Crippen molar-refractivity contribution in [3.05, 3.63) is 108 Å². The minimum atomic E-state index is -1.27. The fraction of sp³-hybridized carbons (Fsp3) is 0.182. The summed E-state index contributed by atoms with van der Waals surface area (Å²) in [6.45, 7) is 0. The van der Waals surface area contributed by atoms with Gasteiger partial charge in [-0.05, 0) is 16.7 Å². The summed E-state index contributed by atoms with van der Waals surface area (Å²) in [4.78, 5) is 0. The quantitative estimate of drug-likeness (QED) is 0.723. The van der Waals surface area contributed by atoms with Crippen molar-refractivity contribution >= 4 is 0 Å². The third kappa shape index (κ3) is 3.91. The van der Waals surface area contributed by atoms with Gasteiger partial charge in [0.25, 0.3) is 0 Å². The summed E-state index contributed by atoms with van der Waals surface area (Å²) in [5.74, 6) is 0. The summed E-state index contributed by atoms with van der Waals surface area (Å²) in [5, 5.41) is 22.3. The van der Waals surface area contributed by atoms with Gasteiger partial charge < -0.3 is 10.2 Å². The van der Waals surface area contributed by atoms with Gasteiger partial charge in [-0.15, -0.1) is 0 Å². The van der Waals surface area contributed by atoms with Gasteiger partial charge in [-0.25, -0.2) is 0 Å². The molecule has 0 radical (unpaired) electrons. The number of hydrogen-bond donors (Lipinski definition) is 2. The highest BCUT2D eigenvalue weighted by atomic mass is 16.3. The highest BCUT2D eigenvalue weighted by Crippen LogP contribution is 2.32. The van der Waals surface area contributed by atoms with Crippen LogP contribution in [0.25, 0.3) is 0 Å². The first-order chi connectivity index (χ1) is 11.7. The average molecular weight is 318 g/mol. The fourth-order valence-electron chi connectivity index (χ4n) is 3.10. The van der Waals surface area contributed by atoms with Gasteiger partial charge in [0.2, 0.25) is 0 Å². The summed E-state index contributed by atoms with van der Waals surface area (Å²) >= 11 is 0. The molecular weight excluding hydrogens is 296 g/mol. The first-order valence-electron chi connectivity index (χ1n) is 8.21. The van der Waals surface area contributed by atoms with Crippen molar-refractivity contribution in [2.24, 2.45) is 0 Å². The van der Waals surface area contributed by atoms with Crippen LogP contribution in [0.5, 0.6) is 0 Å². The summed E-state index contributed by atoms with van der Waals surface area (Å²) in [6.07, 6.45) is -0.184. The number of hydrogen-bond acceptors (Lipinski definition) is 2. The van der Waals surface area contributed by atoms with E-state index in [9.17, 15) is 10.2 Å². The fourth-order valence-corrected chi connectivity index (χ4v) is 3.10. The van der Waals surface area contributed by atoms with Gasteiger partial charge in [-0.3, -0.25) is 0 Å². The van der Waals surface area contributed by atoms with Gasteiger partial charge >= 0.3 is 0 Å². The van der Waals surface area contributed by atoms with Crippen LogP contribution < -0.4 is 0 Å². The van der Waals surface area contributed by atoms with Crippen LogP contribution in [-0.4, -0.2) is 15.8 Å². The first-order valence-corrected chi connectivity index (χ1v) is 8.21. The zero-order chi connectivity index (χ0) is 16.8. The predicted octanol–water partition coefficient (Wildman–Crippen LogP) is 3.94. The van der Waals surface area contributed by atoms with E-state index < -0.39 is 11.7 Å². The van der Waals surface area contributed by atoms with Crippen LogP contribution in [0.4, 0.5) is 0 Å². The summed E-state index contributed by atoms with van der Waals surface area (Å²) in [6, 6.07) is 29.0. The minimum absolute atomic E-state index is 0.388. The van der Waals surface area contributed by atoms with Crippen molar-refractivity contribution in [2.45, 2.75) is 24.5 Å². The molecule has 0 unspecified atom stereocenters. The molecule has 0 aromatic heterocycles. The lowest BCUT2D eigenvalue weighted by atomic mass is 9.80. The molecule has 0 amide bonds. The molecule has 0 bridgehead atoms. The Morgan fingerprint density at radius 3 is 1.42 bits per heavy atom. The molecule has 122 valence electrons. The Morgan fingerprint density at radius 2 is 1.00 bits per heavy atom. The van der Waals surface area contributed by atoms with E-state index in [0.717, 1.165) is 16.7 Å². The maximum atomic E-state index is 11.4. The van der Waals surface area contributed by atoms with Crippen LogP contribution in [-0.2, 0) is 12.8 Å². The number of rotatable bonds is 6. The van der Waals surface area contributed by atoms with E-state index >= 15 is 0 Å². The van der Waals surface area contributed by atoms with Crippen LogP contribution in [0.1, 0.15) is 22.8 Å². The van der Waals surface area contributed by atoms with Crippen LogP contribution in [0, 0.1) is 0 Å². The molecule has 1 atom stereocenters. The second kappa shape index (κ2) is 7.43. The Bertz CT molecular complexity index is 697. The van der Waals surface area contributed by atoms with Gasteiger partial charge in [-0.1, -0.05) is 91.0 Å². The topological polar surface area (TPSA) is 40.5 Å². The summed E-state index contributed by atoms with van der Waals surface area (Å²) in [7, 11) is 0. The Kier molecular flexibility index (Phi) is 5.09. The van der Waals surface area contributed by atoms with Gasteiger partial charge in [0.15, 0.2) is 0 Å². The minimum Gasteiger partial charge on any atom is -0.386 e. The highest BCUT2D eigenvalue weighted by Gasteiger charge is 2.37. The highest BCUT2D eigenvalue weighted by molar-refractivity contribution is 5.27. The van der Waals surface area contributed by atoms with Crippen LogP contribution in [0.2, 0.25) is 0 Å². The molecule has 3 aromatic carbocycles. The smallest absolute Gasteiger partial charge is 0.108 e. The molecule has 2 nitrogen and oxygen atoms in total. The lowest BCUT2D eigenvalue weighted by Crippen LogP contribution is -2.41. The summed E-state index contributed by atoms with van der Waals surface area (Å²) in [5.41, 5.74) is 1.47. The van der Waals surface area contributed by atoms with Crippen LogP contribution >= 0.6 is 0 Å². The molecular formula is C22H22O2. The largest absolute Gasteiger partial charge is 0.386 e. The Morgan fingerprint density at radius 1 is 0.625 bits per heavy atom. The average Bonchev–Trinajstić information content (AvgIpc) is 2.63. The van der Waals surface area contributed by atoms with Crippen LogP contribution in [0.3, 0.4) is 0 Å². The van der Waals surface area contributed by atoms with Crippen molar-refractivity contribution in [1.82, 2.24) is 0 Å². The molecule has 2 N–H and O–H groups in total. The van der Waals surface area contributed by atoms with E-state index in [0.29, 0.717) is 12.8 Å². The maximum Gasteiger partial charge on any atom is 0.108 e. The zero-order valence-corrected chi connectivity index (χ0v) is 13.5. The number of aliphatic hydroxyl groups excluding tert-OH is 1. The molecule has 0 aliphatic carbocycles. The lowest BCUT2D eigenvalue weighted by molar-refractivity contribution is -0.0765. The molecule has 24 heavy (non-hydrogen) atoms. The molecule has 0 aliphatic heterocycles. The van der Waals surface area contributed by atoms with E-state index in [1.165, 1.54) is 0 Å². The van der Waals surface area contributed by atoms with Crippen molar-refractivity contribution in [2.75, 3.05) is 0 Å². The van der Waals surface area contributed by atoms with Crippen molar-refractivity contribution < 1.29 is 10.2 Å². The SMILES string of the molecule is O[C@@H](c1ccccc1)C(O)(Cc1ccccc1)Cc1ccccc1. The molecule has 0 aliphatic rings. The normalized spacial score (nSPS) is 12.8. The van der Waals surface area contributed by atoms with Crippen molar-refractivity contribution in [3.63, 3.8) is 0 Å². The van der Waals surface area contributed by atoms with E-state index in [4.69, 9.17) is 0 Å². The van der Waals surface area contributed by atoms with Gasteiger partial charge in [0, 0.05) is 12.8 Å². The zero-order valence-electron chi connectivity index (χ0n) is 13.5. The van der Waals surface area contributed by atoms with Crippen LogP contribution in [0.15, 0.2) is 91.0 Å². The van der Waals surface area contributed by atoms with Crippen molar-refractivity contribution in [3.8, 4) is 0 Å². The molecule has 0 spiro atoms. The lowest BCUT2D eigenvalue weighted by Gasteiger charge is -2.34. The summed E-state index contributed by atoms with van der Waals surface area (Å²) < 4.78 is 0. The first kappa shape index (κ1) is 16.4. The van der Waals surface area contributed by atoms with Gasteiger partial charge in [0.1, 0.15) is 11.7 Å². The second-order valence-corrected chi connectivity index (χ2v) is 6.24. The van der Waals surface area contributed by atoms with E-state index in [1.807, 2.05) is 91.0 Å². The standard InChI is InChI=1S/C22H22O2/c23-21(20-14-8-3-9-15-20)22(24,16-18-10-4-1-5-11-18)17-19-12-6-2-7-13-19/h1-15,21,23-24H,16-17H2/t21-/m0/s1.